The van der Waals surface area contributed by atoms with Gasteiger partial charge in [0.25, 0.3) is 0 Å². The number of aryl methyl sites for hydroxylation is 2. The fourth-order valence-electron chi connectivity index (χ4n) is 3.15. The predicted molar refractivity (Wildman–Crippen MR) is 87.6 cm³/mol. The van der Waals surface area contributed by atoms with E-state index in [0.717, 1.165) is 22.4 Å². The topological polar surface area (TPSA) is 86.9 Å². The smallest absolute Gasteiger partial charge is 0.377 e. The number of carbonyl (C=O) groups is 1. The number of ether oxygens (including phenoxy) is 1. The molecule has 0 aliphatic carbocycles. The highest BCUT2D eigenvalue weighted by Crippen LogP contribution is 2.28. The number of nitrogens with one attached hydrogen (secondary N) is 1. The fraction of sp³-hybridized carbons (Fsp3) is 0.625. The summed E-state index contributed by atoms with van der Waals surface area (Å²) >= 11 is 0. The first kappa shape index (κ1) is 19.3. The molecule has 0 saturated heterocycles. The van der Waals surface area contributed by atoms with E-state index in [4.69, 9.17) is 4.74 Å². The Labute approximate surface area is 153 Å². The van der Waals surface area contributed by atoms with E-state index in [9.17, 15) is 18.0 Å². The van der Waals surface area contributed by atoms with Gasteiger partial charge in [0.15, 0.2) is 11.5 Å². The highest BCUT2D eigenvalue weighted by Gasteiger charge is 2.34. The molecule has 0 fully saturated rings. The Balaban J connectivity index is 1.58. The van der Waals surface area contributed by atoms with Gasteiger partial charge in [-0.2, -0.15) is 18.3 Å². The number of hydrogen-bond acceptors (Lipinski definition) is 5. The standard InChI is InChI=1S/C16H21F3N6O2/c1-10-7-12(16(17,18)19)23-25(10)8-15(26)20-11-3-4-13-21-22-14(9-27-2)24(13)6-5-11/h7,11H,3-6,8-9H2,1-2H3,(H,20,26). The van der Waals surface area contributed by atoms with Crippen molar-refractivity contribution < 1.29 is 22.7 Å². The van der Waals surface area contributed by atoms with E-state index in [1.54, 1.807) is 7.11 Å². The zero-order chi connectivity index (χ0) is 19.6. The van der Waals surface area contributed by atoms with Crippen LogP contribution < -0.4 is 5.32 Å². The number of rotatable bonds is 5. The Kier molecular flexibility index (Phi) is 5.49. The number of aromatic nitrogens is 5. The van der Waals surface area contributed by atoms with Gasteiger partial charge in [-0.15, -0.1) is 10.2 Å². The van der Waals surface area contributed by atoms with E-state index in [1.807, 2.05) is 4.57 Å². The second kappa shape index (κ2) is 7.67. The number of methoxy groups -OCH3 is 1. The van der Waals surface area contributed by atoms with Crippen LogP contribution in [0.5, 0.6) is 0 Å². The lowest BCUT2D eigenvalue weighted by atomic mass is 10.1. The zero-order valence-corrected chi connectivity index (χ0v) is 15.1. The Morgan fingerprint density at radius 3 is 2.81 bits per heavy atom. The Morgan fingerprint density at radius 2 is 2.15 bits per heavy atom. The minimum Gasteiger partial charge on any atom is -0.377 e. The number of alkyl halides is 3. The highest BCUT2D eigenvalue weighted by molar-refractivity contribution is 5.76. The van der Waals surface area contributed by atoms with Crippen molar-refractivity contribution in [2.45, 2.75) is 58.1 Å². The third-order valence-electron chi connectivity index (χ3n) is 4.53. The molecule has 148 valence electrons. The van der Waals surface area contributed by atoms with Crippen LogP contribution in [0.2, 0.25) is 0 Å². The lowest BCUT2D eigenvalue weighted by Gasteiger charge is -2.16. The van der Waals surface area contributed by atoms with Crippen LogP contribution in [0, 0.1) is 6.92 Å². The monoisotopic (exact) mass is 386 g/mol. The third kappa shape index (κ3) is 4.46. The normalized spacial score (nSPS) is 17.4. The fourth-order valence-corrected chi connectivity index (χ4v) is 3.15. The van der Waals surface area contributed by atoms with E-state index in [1.165, 1.54) is 6.92 Å². The first-order chi connectivity index (χ1) is 12.8. The first-order valence-corrected chi connectivity index (χ1v) is 8.59. The largest absolute Gasteiger partial charge is 0.435 e. The van der Waals surface area contributed by atoms with Gasteiger partial charge in [0.05, 0.1) is 0 Å². The van der Waals surface area contributed by atoms with E-state index in [2.05, 4.69) is 20.6 Å². The molecule has 1 unspecified atom stereocenters. The second-order valence-electron chi connectivity index (χ2n) is 6.54. The van der Waals surface area contributed by atoms with Gasteiger partial charge in [0.2, 0.25) is 5.91 Å². The molecule has 3 rings (SSSR count). The molecule has 1 aliphatic heterocycles. The molecule has 1 atom stereocenters. The predicted octanol–water partition coefficient (Wildman–Crippen LogP) is 1.47. The molecule has 2 aromatic rings. The number of carbonyl (C=O) groups excluding carboxylic acids is 1. The van der Waals surface area contributed by atoms with Crippen LogP contribution in [0.1, 0.15) is 35.9 Å². The highest BCUT2D eigenvalue weighted by atomic mass is 19.4. The molecular formula is C16H21F3N6O2. The summed E-state index contributed by atoms with van der Waals surface area (Å²) in [5, 5.41) is 14.6. The maximum Gasteiger partial charge on any atom is 0.435 e. The Hall–Kier alpha value is -2.43. The van der Waals surface area contributed by atoms with E-state index in [-0.39, 0.29) is 24.2 Å². The van der Waals surface area contributed by atoms with Crippen LogP contribution in [-0.2, 0) is 41.8 Å². The van der Waals surface area contributed by atoms with Crippen molar-refractivity contribution in [2.75, 3.05) is 7.11 Å². The summed E-state index contributed by atoms with van der Waals surface area (Å²) in [5.41, 5.74) is -0.709. The van der Waals surface area contributed by atoms with Gasteiger partial charge in [-0.1, -0.05) is 0 Å². The van der Waals surface area contributed by atoms with E-state index < -0.39 is 11.9 Å². The third-order valence-corrected chi connectivity index (χ3v) is 4.53. The lowest BCUT2D eigenvalue weighted by molar-refractivity contribution is -0.141. The van der Waals surface area contributed by atoms with Gasteiger partial charge >= 0.3 is 6.18 Å². The number of nitrogens with zero attached hydrogens (tertiary/aromatic N) is 5. The second-order valence-corrected chi connectivity index (χ2v) is 6.54. The molecule has 1 N–H and O–H groups in total. The van der Waals surface area contributed by atoms with Crippen LogP contribution in [0.15, 0.2) is 6.07 Å². The Morgan fingerprint density at radius 1 is 1.37 bits per heavy atom. The molecule has 0 aromatic carbocycles. The average Bonchev–Trinajstić information content (AvgIpc) is 3.07. The van der Waals surface area contributed by atoms with Crippen LogP contribution in [0.3, 0.4) is 0 Å². The number of hydrogen-bond donors (Lipinski definition) is 1. The molecule has 0 saturated carbocycles. The van der Waals surface area contributed by atoms with Crippen molar-refractivity contribution in [1.82, 2.24) is 29.9 Å². The van der Waals surface area contributed by atoms with Crippen molar-refractivity contribution in [2.24, 2.45) is 0 Å². The average molecular weight is 386 g/mol. The van der Waals surface area contributed by atoms with Crippen molar-refractivity contribution in [3.63, 3.8) is 0 Å². The van der Waals surface area contributed by atoms with Gasteiger partial charge in [-0.05, 0) is 25.8 Å². The SMILES string of the molecule is COCc1nnc2n1CCC(NC(=O)Cn1nc(C(F)(F)F)cc1C)CC2. The maximum atomic E-state index is 12.7. The molecule has 3 heterocycles. The number of fused-ring (bicyclic) bond motifs is 1. The minimum absolute atomic E-state index is 0.0902. The van der Waals surface area contributed by atoms with Gasteiger partial charge in [0, 0.05) is 31.8 Å². The van der Waals surface area contributed by atoms with Crippen LogP contribution >= 0.6 is 0 Å². The minimum atomic E-state index is -4.53. The molecule has 0 radical (unpaired) electrons. The van der Waals surface area contributed by atoms with Crippen molar-refractivity contribution in [1.29, 1.82) is 0 Å². The van der Waals surface area contributed by atoms with Gasteiger partial charge in [0.1, 0.15) is 19.0 Å². The van der Waals surface area contributed by atoms with Crippen LogP contribution in [-0.4, -0.2) is 43.6 Å². The van der Waals surface area contributed by atoms with Gasteiger partial charge in [-0.25, -0.2) is 0 Å². The van der Waals surface area contributed by atoms with Gasteiger partial charge in [-0.3, -0.25) is 9.48 Å². The number of halogens is 3. The molecule has 8 nitrogen and oxygen atoms in total. The summed E-state index contributed by atoms with van der Waals surface area (Å²) in [6.07, 6.45) is -2.51. The molecule has 11 heteroatoms. The van der Waals surface area contributed by atoms with Crippen LogP contribution in [0.4, 0.5) is 13.2 Å². The van der Waals surface area contributed by atoms with Crippen LogP contribution in [0.25, 0.3) is 0 Å². The van der Waals surface area contributed by atoms with Crippen molar-refractivity contribution in [3.8, 4) is 0 Å². The first-order valence-electron chi connectivity index (χ1n) is 8.59. The summed E-state index contributed by atoms with van der Waals surface area (Å²) in [6.45, 7) is 2.25. The molecule has 0 bridgehead atoms. The lowest BCUT2D eigenvalue weighted by Crippen LogP contribution is -2.37. The quantitative estimate of drug-likeness (QED) is 0.841. The Bertz CT molecular complexity index is 814. The molecule has 2 aromatic heterocycles. The summed E-state index contributed by atoms with van der Waals surface area (Å²) in [4.78, 5) is 12.3. The molecular weight excluding hydrogens is 365 g/mol. The number of amides is 1. The van der Waals surface area contributed by atoms with E-state index in [0.29, 0.717) is 32.4 Å². The van der Waals surface area contributed by atoms with Gasteiger partial charge < -0.3 is 14.6 Å². The van der Waals surface area contributed by atoms with E-state index >= 15 is 0 Å². The molecule has 27 heavy (non-hydrogen) atoms. The maximum absolute atomic E-state index is 12.7. The zero-order valence-electron chi connectivity index (χ0n) is 15.1. The van der Waals surface area contributed by atoms with Crippen molar-refractivity contribution in [3.05, 3.63) is 29.1 Å². The summed E-state index contributed by atoms with van der Waals surface area (Å²) in [6, 6.07) is 0.843. The molecule has 1 aliphatic rings. The van der Waals surface area contributed by atoms with Crippen molar-refractivity contribution >= 4 is 5.91 Å². The summed E-state index contributed by atoms with van der Waals surface area (Å²) in [7, 11) is 1.59. The molecule has 1 amide bonds. The molecule has 0 spiro atoms. The summed E-state index contributed by atoms with van der Waals surface area (Å²) < 4.78 is 46.3. The summed E-state index contributed by atoms with van der Waals surface area (Å²) in [5.74, 6) is 1.22.